The molecule has 0 aliphatic rings. The van der Waals surface area contributed by atoms with E-state index in [1.807, 2.05) is 0 Å². The van der Waals surface area contributed by atoms with Crippen molar-refractivity contribution in [1.82, 2.24) is 0 Å². The van der Waals surface area contributed by atoms with Gasteiger partial charge in [0.25, 0.3) is 0 Å². The number of halogens is 2. The first-order valence-electron chi connectivity index (χ1n) is 3.63. The van der Waals surface area contributed by atoms with Gasteiger partial charge >= 0.3 is 5.97 Å². The van der Waals surface area contributed by atoms with Gasteiger partial charge < -0.3 is 5.11 Å². The Morgan fingerprint density at radius 1 is 1.50 bits per heavy atom. The van der Waals surface area contributed by atoms with Gasteiger partial charge in [-0.15, -0.1) is 0 Å². The fourth-order valence-electron chi connectivity index (χ4n) is 0.994. The maximum atomic E-state index is 10.7. The predicted molar refractivity (Wildman–Crippen MR) is 52.5 cm³/mol. The Hall–Kier alpha value is -1.24. The third kappa shape index (κ3) is 2.16. The van der Waals surface area contributed by atoms with Crippen molar-refractivity contribution in [2.45, 2.75) is 5.92 Å². The number of nitriles is 1. The van der Waals surface area contributed by atoms with E-state index in [2.05, 4.69) is 0 Å². The van der Waals surface area contributed by atoms with E-state index >= 15 is 0 Å². The van der Waals surface area contributed by atoms with E-state index in [0.29, 0.717) is 5.02 Å². The Morgan fingerprint density at radius 3 is 2.64 bits per heavy atom. The molecule has 1 aromatic carbocycles. The van der Waals surface area contributed by atoms with E-state index in [9.17, 15) is 4.79 Å². The summed E-state index contributed by atoms with van der Waals surface area (Å²) in [6.45, 7) is 0. The number of hydrogen-bond donors (Lipinski definition) is 1. The van der Waals surface area contributed by atoms with Crippen molar-refractivity contribution >= 4 is 29.2 Å². The van der Waals surface area contributed by atoms with Crippen LogP contribution in [0.5, 0.6) is 0 Å². The van der Waals surface area contributed by atoms with Crippen molar-refractivity contribution in [1.29, 1.82) is 5.26 Å². The monoisotopic (exact) mass is 229 g/mol. The van der Waals surface area contributed by atoms with Gasteiger partial charge in [-0.25, -0.2) is 0 Å². The molecule has 14 heavy (non-hydrogen) atoms. The first-order valence-corrected chi connectivity index (χ1v) is 4.39. The number of benzene rings is 1. The van der Waals surface area contributed by atoms with Crippen LogP contribution in [0.3, 0.4) is 0 Å². The average Bonchev–Trinajstić information content (AvgIpc) is 2.11. The average molecular weight is 230 g/mol. The number of carboxylic acids is 1. The Balaban J connectivity index is 3.23. The molecule has 72 valence electrons. The Morgan fingerprint density at radius 2 is 2.14 bits per heavy atom. The van der Waals surface area contributed by atoms with Crippen LogP contribution < -0.4 is 0 Å². The Kier molecular flexibility index (Phi) is 3.34. The topological polar surface area (TPSA) is 61.1 Å². The van der Waals surface area contributed by atoms with Gasteiger partial charge in [0.1, 0.15) is 0 Å². The van der Waals surface area contributed by atoms with Crippen LogP contribution in [0.4, 0.5) is 0 Å². The summed E-state index contributed by atoms with van der Waals surface area (Å²) in [6, 6.07) is 6.02. The molecule has 1 atom stereocenters. The van der Waals surface area contributed by atoms with Gasteiger partial charge in [0, 0.05) is 15.6 Å². The SMILES string of the molecule is N#CC(C(=O)O)c1cc(Cl)ccc1Cl. The number of hydrogen-bond acceptors (Lipinski definition) is 2. The van der Waals surface area contributed by atoms with E-state index in [4.69, 9.17) is 33.6 Å². The molecule has 0 saturated heterocycles. The minimum atomic E-state index is -1.28. The Bertz CT molecular complexity index is 412. The second kappa shape index (κ2) is 4.32. The second-order valence-corrected chi connectivity index (χ2v) is 3.41. The summed E-state index contributed by atoms with van der Waals surface area (Å²) in [6.07, 6.45) is 0. The predicted octanol–water partition coefficient (Wildman–Crippen LogP) is 2.69. The molecule has 1 N–H and O–H groups in total. The summed E-state index contributed by atoms with van der Waals surface area (Å²) < 4.78 is 0. The fraction of sp³-hybridized carbons (Fsp3) is 0.111. The van der Waals surface area contributed by atoms with Crippen molar-refractivity contribution in [3.8, 4) is 6.07 Å². The van der Waals surface area contributed by atoms with Gasteiger partial charge in [0.05, 0.1) is 6.07 Å². The van der Waals surface area contributed by atoms with Gasteiger partial charge in [-0.05, 0) is 18.2 Å². The first kappa shape index (κ1) is 10.8. The van der Waals surface area contributed by atoms with Crippen molar-refractivity contribution in [2.75, 3.05) is 0 Å². The van der Waals surface area contributed by atoms with Crippen LogP contribution >= 0.6 is 23.2 Å². The highest BCUT2D eigenvalue weighted by Gasteiger charge is 2.21. The summed E-state index contributed by atoms with van der Waals surface area (Å²) >= 11 is 11.4. The van der Waals surface area contributed by atoms with E-state index < -0.39 is 11.9 Å². The number of carbonyl (C=O) groups is 1. The molecule has 1 aromatic rings. The molecule has 0 heterocycles. The van der Waals surface area contributed by atoms with E-state index in [1.165, 1.54) is 18.2 Å². The van der Waals surface area contributed by atoms with E-state index in [0.717, 1.165) is 0 Å². The molecule has 5 heteroatoms. The fourth-order valence-corrected chi connectivity index (χ4v) is 1.40. The molecule has 0 fully saturated rings. The third-order valence-corrected chi connectivity index (χ3v) is 2.22. The molecule has 3 nitrogen and oxygen atoms in total. The van der Waals surface area contributed by atoms with Crippen LogP contribution in [0.1, 0.15) is 11.5 Å². The third-order valence-electron chi connectivity index (χ3n) is 1.65. The normalized spacial score (nSPS) is 11.8. The quantitative estimate of drug-likeness (QED) is 0.849. The highest BCUT2D eigenvalue weighted by atomic mass is 35.5. The second-order valence-electron chi connectivity index (χ2n) is 2.57. The number of rotatable bonds is 2. The van der Waals surface area contributed by atoms with Crippen molar-refractivity contribution in [3.63, 3.8) is 0 Å². The van der Waals surface area contributed by atoms with Gasteiger partial charge in [-0.1, -0.05) is 23.2 Å². The van der Waals surface area contributed by atoms with Crippen LogP contribution in [-0.2, 0) is 4.79 Å². The zero-order valence-corrected chi connectivity index (χ0v) is 8.38. The van der Waals surface area contributed by atoms with E-state index in [1.54, 1.807) is 6.07 Å². The van der Waals surface area contributed by atoms with Crippen LogP contribution in [0.2, 0.25) is 10.0 Å². The molecule has 0 saturated carbocycles. The number of aliphatic carboxylic acids is 1. The van der Waals surface area contributed by atoms with Crippen LogP contribution in [0, 0.1) is 11.3 Å². The van der Waals surface area contributed by atoms with Gasteiger partial charge in [-0.2, -0.15) is 5.26 Å². The first-order chi connectivity index (χ1) is 6.56. The van der Waals surface area contributed by atoms with Crippen molar-refractivity contribution in [3.05, 3.63) is 33.8 Å². The van der Waals surface area contributed by atoms with Crippen LogP contribution in [0.25, 0.3) is 0 Å². The highest BCUT2D eigenvalue weighted by molar-refractivity contribution is 6.33. The maximum Gasteiger partial charge on any atom is 0.325 e. The highest BCUT2D eigenvalue weighted by Crippen LogP contribution is 2.27. The molecule has 0 aliphatic heterocycles. The standard InChI is InChI=1S/C9H5Cl2NO2/c10-5-1-2-8(11)6(3-5)7(4-12)9(13)14/h1-3,7H,(H,13,14). The summed E-state index contributed by atoms with van der Waals surface area (Å²) in [5, 5.41) is 17.9. The summed E-state index contributed by atoms with van der Waals surface area (Å²) in [5.41, 5.74) is 0.217. The molecule has 0 radical (unpaired) electrons. The molecule has 0 aliphatic carbocycles. The summed E-state index contributed by atoms with van der Waals surface area (Å²) in [7, 11) is 0. The minimum absolute atomic E-state index is 0.217. The smallest absolute Gasteiger partial charge is 0.325 e. The zero-order chi connectivity index (χ0) is 10.7. The number of nitrogens with zero attached hydrogens (tertiary/aromatic N) is 1. The molecule has 0 bridgehead atoms. The van der Waals surface area contributed by atoms with Gasteiger partial charge in [-0.3, -0.25) is 4.79 Å². The summed E-state index contributed by atoms with van der Waals surface area (Å²) in [4.78, 5) is 10.7. The van der Waals surface area contributed by atoms with Crippen molar-refractivity contribution < 1.29 is 9.90 Å². The maximum absolute atomic E-state index is 10.7. The lowest BCUT2D eigenvalue weighted by molar-refractivity contribution is -0.137. The molecule has 1 unspecified atom stereocenters. The lowest BCUT2D eigenvalue weighted by atomic mass is 10.0. The number of carboxylic acid groups (broad SMARTS) is 1. The Labute approximate surface area is 90.5 Å². The zero-order valence-electron chi connectivity index (χ0n) is 6.87. The molecule has 0 spiro atoms. The molecule has 1 rings (SSSR count). The largest absolute Gasteiger partial charge is 0.480 e. The van der Waals surface area contributed by atoms with Crippen LogP contribution in [0.15, 0.2) is 18.2 Å². The molecule has 0 aromatic heterocycles. The minimum Gasteiger partial charge on any atom is -0.480 e. The van der Waals surface area contributed by atoms with Gasteiger partial charge in [0.2, 0.25) is 0 Å². The van der Waals surface area contributed by atoms with Crippen LogP contribution in [-0.4, -0.2) is 11.1 Å². The molecular formula is C9H5Cl2NO2. The summed E-state index contributed by atoms with van der Waals surface area (Å²) in [5.74, 6) is -2.52. The van der Waals surface area contributed by atoms with Crippen molar-refractivity contribution in [2.24, 2.45) is 0 Å². The lowest BCUT2D eigenvalue weighted by Crippen LogP contribution is -2.09. The van der Waals surface area contributed by atoms with E-state index in [-0.39, 0.29) is 10.6 Å². The van der Waals surface area contributed by atoms with Gasteiger partial charge in [0.15, 0.2) is 5.92 Å². The molecule has 0 amide bonds. The lowest BCUT2D eigenvalue weighted by Gasteiger charge is -2.06. The molecular weight excluding hydrogens is 225 g/mol.